The number of carbonyl (C=O) groups excluding carboxylic acids is 1. The minimum atomic E-state index is -0.398. The zero-order chi connectivity index (χ0) is 11.8. The van der Waals surface area contributed by atoms with Gasteiger partial charge in [0.25, 0.3) is 0 Å². The van der Waals surface area contributed by atoms with Crippen LogP contribution in [0.25, 0.3) is 0 Å². The van der Waals surface area contributed by atoms with E-state index in [4.69, 9.17) is 10.5 Å². The molecule has 2 aliphatic rings. The Labute approximate surface area is 95.0 Å². The molecule has 1 heterocycles. The minimum absolute atomic E-state index is 0.192. The van der Waals surface area contributed by atoms with Crippen LogP contribution in [-0.2, 0) is 4.74 Å². The van der Waals surface area contributed by atoms with Crippen molar-refractivity contribution in [3.8, 4) is 0 Å². The maximum Gasteiger partial charge on any atom is 0.346 e. The van der Waals surface area contributed by atoms with Gasteiger partial charge in [-0.25, -0.2) is 4.79 Å². The Morgan fingerprint density at radius 2 is 2.44 bits per heavy atom. The molecule has 2 N–H and O–H groups in total. The molecule has 5 heteroatoms. The molecule has 0 unspecified atom stereocenters. The summed E-state index contributed by atoms with van der Waals surface area (Å²) in [5, 5.41) is 0. The highest BCUT2D eigenvalue weighted by molar-refractivity contribution is 6.06. The third-order valence-corrected chi connectivity index (χ3v) is 3.29. The van der Waals surface area contributed by atoms with Gasteiger partial charge in [-0.3, -0.25) is 0 Å². The molecule has 0 bridgehead atoms. The molecule has 0 radical (unpaired) electrons. The third-order valence-electron chi connectivity index (χ3n) is 3.29. The van der Waals surface area contributed by atoms with Crippen molar-refractivity contribution >= 4 is 11.9 Å². The van der Waals surface area contributed by atoms with E-state index >= 15 is 0 Å². The van der Waals surface area contributed by atoms with Crippen molar-refractivity contribution in [2.45, 2.75) is 31.4 Å². The summed E-state index contributed by atoms with van der Waals surface area (Å²) in [6, 6.07) is -0.257. The average Bonchev–Trinajstić information content (AvgIpc) is 2.41. The molecule has 1 saturated carbocycles. The van der Waals surface area contributed by atoms with Crippen LogP contribution in [0, 0.1) is 0 Å². The normalized spacial score (nSPS) is 32.8. The van der Waals surface area contributed by atoms with Crippen molar-refractivity contribution in [3.05, 3.63) is 12.7 Å². The van der Waals surface area contributed by atoms with Gasteiger partial charge in [-0.2, -0.15) is 4.99 Å². The maximum atomic E-state index is 11.6. The first-order chi connectivity index (χ1) is 7.64. The Morgan fingerprint density at radius 3 is 3.00 bits per heavy atom. The summed E-state index contributed by atoms with van der Waals surface area (Å²) in [5.74, 6) is 0.426. The Bertz CT molecular complexity index is 345. The van der Waals surface area contributed by atoms with Crippen molar-refractivity contribution in [2.75, 3.05) is 13.2 Å². The van der Waals surface area contributed by atoms with Crippen molar-refractivity contribution < 1.29 is 9.53 Å². The van der Waals surface area contributed by atoms with Crippen molar-refractivity contribution in [3.63, 3.8) is 0 Å². The molecule has 1 spiro atoms. The van der Waals surface area contributed by atoms with E-state index in [0.29, 0.717) is 19.0 Å². The number of amides is 2. The van der Waals surface area contributed by atoms with E-state index < -0.39 is 5.54 Å². The molecule has 0 aromatic rings. The number of ether oxygens (including phenoxy) is 1. The van der Waals surface area contributed by atoms with Gasteiger partial charge in [0.05, 0.1) is 6.10 Å². The van der Waals surface area contributed by atoms with Crippen LogP contribution >= 0.6 is 0 Å². The second-order valence-electron chi connectivity index (χ2n) is 4.20. The first kappa shape index (κ1) is 11.1. The van der Waals surface area contributed by atoms with Gasteiger partial charge in [-0.05, 0) is 6.92 Å². The summed E-state index contributed by atoms with van der Waals surface area (Å²) in [4.78, 5) is 17.1. The van der Waals surface area contributed by atoms with E-state index in [1.54, 1.807) is 11.0 Å². The lowest BCUT2D eigenvalue weighted by Crippen LogP contribution is -2.64. The van der Waals surface area contributed by atoms with E-state index in [0.717, 1.165) is 12.8 Å². The summed E-state index contributed by atoms with van der Waals surface area (Å²) >= 11 is 0. The molecule has 1 aliphatic carbocycles. The monoisotopic (exact) mass is 223 g/mol. The highest BCUT2D eigenvalue weighted by Crippen LogP contribution is 2.43. The van der Waals surface area contributed by atoms with E-state index in [-0.39, 0.29) is 12.1 Å². The van der Waals surface area contributed by atoms with Crippen LogP contribution in [-0.4, -0.2) is 41.6 Å². The number of nitrogens with zero attached hydrogens (tertiary/aromatic N) is 2. The molecular formula is C11H17N3O2. The number of hydrogen-bond donors (Lipinski definition) is 1. The SMILES string of the molecule is C=CCN1C(=O)N=C(N)C12CC(OCC)C2. The Hall–Kier alpha value is -1.36. The summed E-state index contributed by atoms with van der Waals surface area (Å²) in [5.41, 5.74) is 5.44. The van der Waals surface area contributed by atoms with Crippen LogP contribution < -0.4 is 5.73 Å². The van der Waals surface area contributed by atoms with Gasteiger partial charge in [0.1, 0.15) is 11.4 Å². The smallest absolute Gasteiger partial charge is 0.346 e. The summed E-state index contributed by atoms with van der Waals surface area (Å²) in [6.07, 6.45) is 3.38. The quantitative estimate of drug-likeness (QED) is 0.720. The molecular weight excluding hydrogens is 206 g/mol. The molecule has 0 aromatic heterocycles. The number of hydrogen-bond acceptors (Lipinski definition) is 3. The van der Waals surface area contributed by atoms with Crippen molar-refractivity contribution in [2.24, 2.45) is 10.7 Å². The highest BCUT2D eigenvalue weighted by atomic mass is 16.5. The molecule has 1 aliphatic heterocycles. The van der Waals surface area contributed by atoms with Gasteiger partial charge < -0.3 is 15.4 Å². The average molecular weight is 223 g/mol. The van der Waals surface area contributed by atoms with Crippen LogP contribution in [0.4, 0.5) is 4.79 Å². The molecule has 0 saturated heterocycles. The zero-order valence-electron chi connectivity index (χ0n) is 9.48. The molecule has 1 fully saturated rings. The predicted octanol–water partition coefficient (Wildman–Crippen LogP) is 0.903. The van der Waals surface area contributed by atoms with Crippen molar-refractivity contribution in [1.82, 2.24) is 4.90 Å². The van der Waals surface area contributed by atoms with Crippen molar-refractivity contribution in [1.29, 1.82) is 0 Å². The first-order valence-electron chi connectivity index (χ1n) is 5.53. The van der Waals surface area contributed by atoms with E-state index in [1.807, 2.05) is 6.92 Å². The van der Waals surface area contributed by atoms with Gasteiger partial charge >= 0.3 is 6.03 Å². The lowest BCUT2D eigenvalue weighted by atomic mass is 9.72. The Kier molecular flexibility index (Phi) is 2.71. The zero-order valence-corrected chi connectivity index (χ0v) is 9.48. The number of carbonyl (C=O) groups is 1. The van der Waals surface area contributed by atoms with Gasteiger partial charge in [-0.1, -0.05) is 6.08 Å². The number of aliphatic imine (C=N–C) groups is 1. The standard InChI is InChI=1S/C11H17N3O2/c1-3-5-14-10(15)13-9(12)11(14)6-8(7-11)16-4-2/h3,8H,1,4-7H2,2H3,(H2,12,13,15). The number of amidine groups is 1. The largest absolute Gasteiger partial charge is 0.385 e. The van der Waals surface area contributed by atoms with Crippen LogP contribution in [0.2, 0.25) is 0 Å². The van der Waals surface area contributed by atoms with Gasteiger partial charge in [-0.15, -0.1) is 6.58 Å². The molecule has 2 amide bonds. The van der Waals surface area contributed by atoms with Gasteiger partial charge in [0.15, 0.2) is 0 Å². The number of rotatable bonds is 4. The lowest BCUT2D eigenvalue weighted by molar-refractivity contribution is -0.0527. The van der Waals surface area contributed by atoms with E-state index in [2.05, 4.69) is 11.6 Å². The number of nitrogens with two attached hydrogens (primary N) is 1. The van der Waals surface area contributed by atoms with Crippen LogP contribution in [0.1, 0.15) is 19.8 Å². The molecule has 2 rings (SSSR count). The fraction of sp³-hybridized carbons (Fsp3) is 0.636. The molecule has 88 valence electrons. The molecule has 0 atom stereocenters. The number of urea groups is 1. The summed E-state index contributed by atoms with van der Waals surface area (Å²) < 4.78 is 5.50. The van der Waals surface area contributed by atoms with Crippen LogP contribution in [0.15, 0.2) is 17.6 Å². The molecule has 0 aromatic carbocycles. The first-order valence-corrected chi connectivity index (χ1v) is 5.53. The topological polar surface area (TPSA) is 67.9 Å². The van der Waals surface area contributed by atoms with Crippen LogP contribution in [0.5, 0.6) is 0 Å². The van der Waals surface area contributed by atoms with Gasteiger partial charge in [0, 0.05) is 26.0 Å². The second-order valence-corrected chi connectivity index (χ2v) is 4.20. The predicted molar refractivity (Wildman–Crippen MR) is 61.3 cm³/mol. The minimum Gasteiger partial charge on any atom is -0.385 e. The Morgan fingerprint density at radius 1 is 1.75 bits per heavy atom. The van der Waals surface area contributed by atoms with Crippen LogP contribution in [0.3, 0.4) is 0 Å². The lowest BCUT2D eigenvalue weighted by Gasteiger charge is -2.49. The fourth-order valence-corrected chi connectivity index (χ4v) is 2.45. The summed E-state index contributed by atoms with van der Waals surface area (Å²) in [7, 11) is 0. The molecule has 5 nitrogen and oxygen atoms in total. The fourth-order valence-electron chi connectivity index (χ4n) is 2.45. The van der Waals surface area contributed by atoms with E-state index in [1.165, 1.54) is 0 Å². The molecule has 16 heavy (non-hydrogen) atoms. The second kappa shape index (κ2) is 3.90. The van der Waals surface area contributed by atoms with E-state index in [9.17, 15) is 4.79 Å². The Balaban J connectivity index is 2.11. The maximum absolute atomic E-state index is 11.6. The van der Waals surface area contributed by atoms with Gasteiger partial charge in [0.2, 0.25) is 0 Å². The highest BCUT2D eigenvalue weighted by Gasteiger charge is 2.56. The third kappa shape index (κ3) is 1.43. The summed E-state index contributed by atoms with van der Waals surface area (Å²) in [6.45, 7) is 6.78.